The molecule has 0 atom stereocenters. The molecule has 1 amide bonds. The Morgan fingerprint density at radius 2 is 2.03 bits per heavy atom. The van der Waals surface area contributed by atoms with E-state index in [2.05, 4.69) is 10.3 Å². The minimum atomic E-state index is -0.356. The summed E-state index contributed by atoms with van der Waals surface area (Å²) >= 11 is 13.2. The molecular formula is C21H16Cl2N2O4S. The van der Waals surface area contributed by atoms with Gasteiger partial charge in [-0.1, -0.05) is 35.3 Å². The van der Waals surface area contributed by atoms with Crippen molar-refractivity contribution in [3.8, 4) is 23.0 Å². The molecule has 0 saturated carbocycles. The van der Waals surface area contributed by atoms with Crippen LogP contribution in [0.15, 0.2) is 52.3 Å². The number of hydrogen-bond donors (Lipinski definition) is 1. The van der Waals surface area contributed by atoms with Gasteiger partial charge in [0.1, 0.15) is 11.4 Å². The van der Waals surface area contributed by atoms with E-state index in [1.165, 1.54) is 11.3 Å². The zero-order chi connectivity index (χ0) is 21.1. The fourth-order valence-corrected chi connectivity index (χ4v) is 3.95. The van der Waals surface area contributed by atoms with Gasteiger partial charge in [0.25, 0.3) is 5.91 Å². The van der Waals surface area contributed by atoms with E-state index < -0.39 is 0 Å². The standard InChI is InChI=1S/C21H16Cl2N2O4S/c1-2-27-17-5-3-4-12-8-18(29-20(12)17)15-11-30-21(24-15)25-19(26)10-28-16-7-6-13(22)9-14(16)23/h3-9,11H,2,10H2,1H3,(H,24,25,26). The van der Waals surface area contributed by atoms with Crippen molar-refractivity contribution in [2.45, 2.75) is 6.92 Å². The average Bonchev–Trinajstić information content (AvgIpc) is 3.35. The number of nitrogens with one attached hydrogen (secondary N) is 1. The second kappa shape index (κ2) is 8.95. The number of carbonyl (C=O) groups excluding carboxylic acids is 1. The Balaban J connectivity index is 1.43. The van der Waals surface area contributed by atoms with Crippen molar-refractivity contribution in [3.05, 3.63) is 57.9 Å². The molecule has 0 unspecified atom stereocenters. The first-order valence-corrected chi connectivity index (χ1v) is 10.7. The number of hydrogen-bond acceptors (Lipinski definition) is 6. The lowest BCUT2D eigenvalue weighted by molar-refractivity contribution is -0.118. The van der Waals surface area contributed by atoms with E-state index >= 15 is 0 Å². The number of halogens is 2. The average molecular weight is 463 g/mol. The lowest BCUT2D eigenvalue weighted by Crippen LogP contribution is -2.20. The third kappa shape index (κ3) is 4.53. The molecule has 0 aliphatic carbocycles. The lowest BCUT2D eigenvalue weighted by Gasteiger charge is -2.07. The van der Waals surface area contributed by atoms with Crippen LogP contribution in [-0.2, 0) is 4.79 Å². The molecule has 1 N–H and O–H groups in total. The largest absolute Gasteiger partial charge is 0.490 e. The summed E-state index contributed by atoms with van der Waals surface area (Å²) in [7, 11) is 0. The molecule has 2 heterocycles. The Labute approximate surface area is 186 Å². The molecule has 0 radical (unpaired) electrons. The van der Waals surface area contributed by atoms with Gasteiger partial charge in [-0.2, -0.15) is 0 Å². The molecule has 154 valence electrons. The number of carbonyl (C=O) groups is 1. The van der Waals surface area contributed by atoms with Gasteiger partial charge in [0, 0.05) is 15.8 Å². The zero-order valence-electron chi connectivity index (χ0n) is 15.8. The van der Waals surface area contributed by atoms with Crippen LogP contribution in [0, 0.1) is 0 Å². The smallest absolute Gasteiger partial charge is 0.264 e. The summed E-state index contributed by atoms with van der Waals surface area (Å²) in [6, 6.07) is 12.4. The van der Waals surface area contributed by atoms with E-state index in [-0.39, 0.29) is 12.5 Å². The van der Waals surface area contributed by atoms with Gasteiger partial charge >= 0.3 is 0 Å². The summed E-state index contributed by atoms with van der Waals surface area (Å²) in [5, 5.41) is 6.70. The summed E-state index contributed by atoms with van der Waals surface area (Å²) in [5.74, 6) is 1.30. The van der Waals surface area contributed by atoms with Crippen LogP contribution in [0.1, 0.15) is 6.92 Å². The van der Waals surface area contributed by atoms with Gasteiger partial charge in [0.15, 0.2) is 28.8 Å². The number of aromatic nitrogens is 1. The van der Waals surface area contributed by atoms with Gasteiger partial charge in [-0.15, -0.1) is 11.3 Å². The van der Waals surface area contributed by atoms with Gasteiger partial charge in [-0.05, 0) is 37.3 Å². The van der Waals surface area contributed by atoms with E-state index in [1.807, 2.05) is 36.6 Å². The monoisotopic (exact) mass is 462 g/mol. The summed E-state index contributed by atoms with van der Waals surface area (Å²) in [4.78, 5) is 16.6. The molecule has 4 rings (SSSR count). The number of nitrogens with zero attached hydrogens (tertiary/aromatic N) is 1. The summed E-state index contributed by atoms with van der Waals surface area (Å²) < 4.78 is 17.0. The Kier molecular flexibility index (Phi) is 6.13. The number of fused-ring (bicyclic) bond motifs is 1. The van der Waals surface area contributed by atoms with E-state index in [9.17, 15) is 4.79 Å². The van der Waals surface area contributed by atoms with E-state index in [1.54, 1.807) is 18.2 Å². The first-order chi connectivity index (χ1) is 14.5. The van der Waals surface area contributed by atoms with Crippen LogP contribution in [0.4, 0.5) is 5.13 Å². The van der Waals surface area contributed by atoms with Crippen LogP contribution in [0.25, 0.3) is 22.4 Å². The van der Waals surface area contributed by atoms with Crippen LogP contribution in [0.3, 0.4) is 0 Å². The molecule has 0 saturated heterocycles. The number of ether oxygens (including phenoxy) is 2. The topological polar surface area (TPSA) is 73.6 Å². The van der Waals surface area contributed by atoms with Crippen LogP contribution in [0.5, 0.6) is 11.5 Å². The number of furan rings is 1. The van der Waals surface area contributed by atoms with Crippen molar-refractivity contribution >= 4 is 56.5 Å². The Morgan fingerprint density at radius 3 is 2.83 bits per heavy atom. The number of anilines is 1. The SMILES string of the molecule is CCOc1cccc2cc(-c3csc(NC(=O)COc4ccc(Cl)cc4Cl)n3)oc12. The molecule has 0 spiro atoms. The molecule has 2 aromatic carbocycles. The van der Waals surface area contributed by atoms with Crippen molar-refractivity contribution in [2.24, 2.45) is 0 Å². The molecule has 6 nitrogen and oxygen atoms in total. The highest BCUT2D eigenvalue weighted by Crippen LogP contribution is 2.34. The zero-order valence-corrected chi connectivity index (χ0v) is 18.1. The highest BCUT2D eigenvalue weighted by Gasteiger charge is 2.15. The van der Waals surface area contributed by atoms with E-state index in [4.69, 9.17) is 37.1 Å². The number of thiazole rings is 1. The van der Waals surface area contributed by atoms with Crippen molar-refractivity contribution in [1.29, 1.82) is 0 Å². The normalized spacial score (nSPS) is 10.9. The molecule has 0 aliphatic rings. The molecular weight excluding hydrogens is 447 g/mol. The summed E-state index contributed by atoms with van der Waals surface area (Å²) in [5.41, 5.74) is 1.29. The van der Waals surface area contributed by atoms with Crippen molar-refractivity contribution in [2.75, 3.05) is 18.5 Å². The van der Waals surface area contributed by atoms with Gasteiger partial charge < -0.3 is 13.9 Å². The number of para-hydroxylation sites is 1. The van der Waals surface area contributed by atoms with Crippen LogP contribution < -0.4 is 14.8 Å². The summed E-state index contributed by atoms with van der Waals surface area (Å²) in [6.45, 7) is 2.26. The predicted octanol–water partition coefficient (Wildman–Crippen LogP) is 6.28. The first-order valence-electron chi connectivity index (χ1n) is 9.02. The maximum atomic E-state index is 12.2. The Hall–Kier alpha value is -2.74. The molecule has 2 aromatic heterocycles. The molecule has 0 bridgehead atoms. The minimum absolute atomic E-state index is 0.210. The first kappa shape index (κ1) is 20.5. The minimum Gasteiger partial charge on any atom is -0.490 e. The van der Waals surface area contributed by atoms with Crippen LogP contribution in [-0.4, -0.2) is 24.1 Å². The molecule has 30 heavy (non-hydrogen) atoms. The van der Waals surface area contributed by atoms with Gasteiger partial charge in [0.2, 0.25) is 0 Å². The molecule has 4 aromatic rings. The third-order valence-electron chi connectivity index (χ3n) is 4.06. The maximum absolute atomic E-state index is 12.2. The number of rotatable bonds is 7. The Morgan fingerprint density at radius 1 is 1.17 bits per heavy atom. The molecule has 0 aliphatic heterocycles. The van der Waals surface area contributed by atoms with Crippen molar-refractivity contribution in [1.82, 2.24) is 4.98 Å². The Bertz CT molecular complexity index is 1200. The lowest BCUT2D eigenvalue weighted by atomic mass is 10.2. The fraction of sp³-hybridized carbons (Fsp3) is 0.143. The van der Waals surface area contributed by atoms with Crippen molar-refractivity contribution in [3.63, 3.8) is 0 Å². The van der Waals surface area contributed by atoms with E-state index in [0.717, 1.165) is 5.39 Å². The predicted molar refractivity (Wildman–Crippen MR) is 119 cm³/mol. The summed E-state index contributed by atoms with van der Waals surface area (Å²) in [6.07, 6.45) is 0. The highest BCUT2D eigenvalue weighted by molar-refractivity contribution is 7.14. The van der Waals surface area contributed by atoms with Crippen molar-refractivity contribution < 1.29 is 18.7 Å². The quantitative estimate of drug-likeness (QED) is 0.349. The van der Waals surface area contributed by atoms with Gasteiger partial charge in [-0.3, -0.25) is 10.1 Å². The highest BCUT2D eigenvalue weighted by atomic mass is 35.5. The maximum Gasteiger partial charge on any atom is 0.264 e. The van der Waals surface area contributed by atoms with Gasteiger partial charge in [0.05, 0.1) is 11.6 Å². The second-order valence-corrected chi connectivity index (χ2v) is 7.87. The number of amides is 1. The second-order valence-electron chi connectivity index (χ2n) is 6.17. The van der Waals surface area contributed by atoms with Crippen LogP contribution in [0.2, 0.25) is 10.0 Å². The molecule has 9 heteroatoms. The fourth-order valence-electron chi connectivity index (χ4n) is 2.77. The van der Waals surface area contributed by atoms with E-state index in [0.29, 0.717) is 50.3 Å². The molecule has 0 fully saturated rings. The number of benzene rings is 2. The third-order valence-corrected chi connectivity index (χ3v) is 5.35. The van der Waals surface area contributed by atoms with Crippen LogP contribution >= 0.6 is 34.5 Å². The van der Waals surface area contributed by atoms with Gasteiger partial charge in [-0.25, -0.2) is 4.98 Å².